The standard InChI is InChI=1S/C17H16N4O2S/c18-12-14(16(22)20-17-19-5-10-24-17)11-13-1-3-15(4-2-13)21-6-8-23-9-7-21/h1-5,10-11H,6-9H2,(H,19,20,22)/b14-11-. The smallest absolute Gasteiger partial charge is 0.268 e. The number of morpholine rings is 1. The molecule has 7 heteroatoms. The number of aromatic nitrogens is 1. The normalized spacial score (nSPS) is 15.0. The predicted molar refractivity (Wildman–Crippen MR) is 93.8 cm³/mol. The van der Waals surface area contributed by atoms with Gasteiger partial charge in [0.2, 0.25) is 0 Å². The molecular formula is C17H16N4O2S. The molecule has 1 amide bonds. The highest BCUT2D eigenvalue weighted by molar-refractivity contribution is 7.13. The van der Waals surface area contributed by atoms with Crippen molar-refractivity contribution >= 4 is 34.1 Å². The molecule has 24 heavy (non-hydrogen) atoms. The number of rotatable bonds is 4. The fraction of sp³-hybridized carbons (Fsp3) is 0.235. The van der Waals surface area contributed by atoms with Gasteiger partial charge in [-0.25, -0.2) is 4.98 Å². The second-order valence-corrected chi connectivity index (χ2v) is 6.05. The Morgan fingerprint density at radius 2 is 2.08 bits per heavy atom. The molecule has 0 unspecified atom stereocenters. The highest BCUT2D eigenvalue weighted by Crippen LogP contribution is 2.19. The lowest BCUT2D eigenvalue weighted by Gasteiger charge is -2.28. The highest BCUT2D eigenvalue weighted by Gasteiger charge is 2.12. The molecule has 1 aliphatic rings. The molecule has 0 atom stereocenters. The fourth-order valence-electron chi connectivity index (χ4n) is 2.37. The molecule has 0 aliphatic carbocycles. The number of amides is 1. The summed E-state index contributed by atoms with van der Waals surface area (Å²) < 4.78 is 5.35. The van der Waals surface area contributed by atoms with Crippen LogP contribution in [0.4, 0.5) is 10.8 Å². The largest absolute Gasteiger partial charge is 0.378 e. The number of hydrogen-bond acceptors (Lipinski definition) is 6. The van der Waals surface area contributed by atoms with Crippen molar-refractivity contribution in [3.8, 4) is 6.07 Å². The molecule has 1 fully saturated rings. The molecule has 0 bridgehead atoms. The zero-order valence-electron chi connectivity index (χ0n) is 12.9. The molecule has 1 aliphatic heterocycles. The van der Waals surface area contributed by atoms with E-state index in [1.165, 1.54) is 11.3 Å². The summed E-state index contributed by atoms with van der Waals surface area (Å²) in [5, 5.41) is 14.1. The zero-order chi connectivity index (χ0) is 16.8. The van der Waals surface area contributed by atoms with Crippen LogP contribution < -0.4 is 10.2 Å². The van der Waals surface area contributed by atoms with Crippen molar-refractivity contribution in [2.75, 3.05) is 36.5 Å². The summed E-state index contributed by atoms with van der Waals surface area (Å²) in [5.41, 5.74) is 1.96. The third-order valence-electron chi connectivity index (χ3n) is 3.60. The summed E-state index contributed by atoms with van der Waals surface area (Å²) in [4.78, 5) is 18.3. The quantitative estimate of drug-likeness (QED) is 0.683. The molecule has 1 aromatic carbocycles. The monoisotopic (exact) mass is 340 g/mol. The van der Waals surface area contributed by atoms with Crippen molar-refractivity contribution in [1.82, 2.24) is 4.98 Å². The topological polar surface area (TPSA) is 78.2 Å². The van der Waals surface area contributed by atoms with E-state index in [1.807, 2.05) is 30.3 Å². The van der Waals surface area contributed by atoms with E-state index in [4.69, 9.17) is 4.74 Å². The van der Waals surface area contributed by atoms with E-state index in [0.29, 0.717) is 5.13 Å². The van der Waals surface area contributed by atoms with Gasteiger partial charge in [-0.15, -0.1) is 11.3 Å². The summed E-state index contributed by atoms with van der Waals surface area (Å²) >= 11 is 1.31. The average molecular weight is 340 g/mol. The molecule has 0 radical (unpaired) electrons. The number of nitrogens with zero attached hydrogens (tertiary/aromatic N) is 3. The minimum atomic E-state index is -0.454. The molecule has 1 aromatic heterocycles. The molecule has 1 N–H and O–H groups in total. The number of carbonyl (C=O) groups excluding carboxylic acids is 1. The molecule has 1 saturated heterocycles. The molecule has 122 valence electrons. The van der Waals surface area contributed by atoms with Crippen molar-refractivity contribution in [1.29, 1.82) is 5.26 Å². The Bertz CT molecular complexity index is 757. The molecule has 0 saturated carbocycles. The van der Waals surface area contributed by atoms with Crippen molar-refractivity contribution in [3.63, 3.8) is 0 Å². The van der Waals surface area contributed by atoms with E-state index < -0.39 is 5.91 Å². The van der Waals surface area contributed by atoms with Crippen molar-refractivity contribution in [3.05, 3.63) is 47.0 Å². The van der Waals surface area contributed by atoms with Crippen LogP contribution in [0, 0.1) is 11.3 Å². The molecule has 2 aromatic rings. The van der Waals surface area contributed by atoms with Crippen LogP contribution in [0.15, 0.2) is 41.4 Å². The van der Waals surface area contributed by atoms with E-state index >= 15 is 0 Å². The van der Waals surface area contributed by atoms with Gasteiger partial charge in [-0.1, -0.05) is 12.1 Å². The minimum absolute atomic E-state index is 0.0457. The second kappa shape index (κ2) is 7.73. The maximum Gasteiger partial charge on any atom is 0.268 e. The van der Waals surface area contributed by atoms with Crippen LogP contribution >= 0.6 is 11.3 Å². The van der Waals surface area contributed by atoms with Crippen molar-refractivity contribution in [2.45, 2.75) is 0 Å². The first-order chi connectivity index (χ1) is 11.8. The molecular weight excluding hydrogens is 324 g/mol. The van der Waals surface area contributed by atoms with Gasteiger partial charge in [0.1, 0.15) is 11.6 Å². The molecule has 2 heterocycles. The number of hydrogen-bond donors (Lipinski definition) is 1. The Kier molecular flexibility index (Phi) is 5.21. The van der Waals surface area contributed by atoms with Gasteiger partial charge in [-0.3, -0.25) is 10.1 Å². The van der Waals surface area contributed by atoms with Crippen LogP contribution in [0.25, 0.3) is 6.08 Å². The first-order valence-electron chi connectivity index (χ1n) is 7.51. The first-order valence-corrected chi connectivity index (χ1v) is 8.39. The van der Waals surface area contributed by atoms with E-state index in [0.717, 1.165) is 37.6 Å². The fourth-order valence-corrected chi connectivity index (χ4v) is 2.89. The highest BCUT2D eigenvalue weighted by atomic mass is 32.1. The number of ether oxygens (including phenoxy) is 1. The van der Waals surface area contributed by atoms with Gasteiger partial charge in [0.05, 0.1) is 13.2 Å². The van der Waals surface area contributed by atoms with Gasteiger partial charge in [0, 0.05) is 30.4 Å². The molecule has 3 rings (SSSR count). The molecule has 0 spiro atoms. The van der Waals surface area contributed by atoms with E-state index in [1.54, 1.807) is 17.7 Å². The lowest BCUT2D eigenvalue weighted by Crippen LogP contribution is -2.36. The Hall–Kier alpha value is -2.69. The zero-order valence-corrected chi connectivity index (χ0v) is 13.8. The first kappa shape index (κ1) is 16.2. The number of nitriles is 1. The predicted octanol–water partition coefficient (Wildman–Crippen LogP) is 2.53. The van der Waals surface area contributed by atoms with Crippen LogP contribution in [0.3, 0.4) is 0 Å². The Labute approximate surface area is 144 Å². The number of anilines is 2. The van der Waals surface area contributed by atoms with E-state index in [-0.39, 0.29) is 5.57 Å². The van der Waals surface area contributed by atoms with Gasteiger partial charge < -0.3 is 9.64 Å². The Balaban J connectivity index is 1.71. The van der Waals surface area contributed by atoms with Crippen molar-refractivity contribution < 1.29 is 9.53 Å². The Morgan fingerprint density at radius 3 is 2.71 bits per heavy atom. The van der Waals surface area contributed by atoms with E-state index in [9.17, 15) is 10.1 Å². The van der Waals surface area contributed by atoms with Crippen LogP contribution in [-0.2, 0) is 9.53 Å². The van der Waals surface area contributed by atoms with Crippen LogP contribution in [-0.4, -0.2) is 37.2 Å². The number of benzene rings is 1. The maximum atomic E-state index is 12.1. The number of nitrogens with one attached hydrogen (secondary N) is 1. The Morgan fingerprint density at radius 1 is 1.33 bits per heavy atom. The summed E-state index contributed by atoms with van der Waals surface area (Å²) in [6.45, 7) is 3.21. The van der Waals surface area contributed by atoms with E-state index in [2.05, 4.69) is 15.2 Å². The third kappa shape index (κ3) is 3.98. The number of carbonyl (C=O) groups is 1. The van der Waals surface area contributed by atoms with Crippen LogP contribution in [0.2, 0.25) is 0 Å². The van der Waals surface area contributed by atoms with Gasteiger partial charge in [0.25, 0.3) is 5.91 Å². The van der Waals surface area contributed by atoms with Gasteiger partial charge in [-0.2, -0.15) is 5.26 Å². The third-order valence-corrected chi connectivity index (χ3v) is 4.29. The summed E-state index contributed by atoms with van der Waals surface area (Å²) in [5.74, 6) is -0.454. The van der Waals surface area contributed by atoms with Crippen LogP contribution in [0.1, 0.15) is 5.56 Å². The van der Waals surface area contributed by atoms with Crippen LogP contribution in [0.5, 0.6) is 0 Å². The summed E-state index contributed by atoms with van der Waals surface area (Å²) in [7, 11) is 0. The SMILES string of the molecule is N#C/C(=C/c1ccc(N2CCOCC2)cc1)C(=O)Nc1nccs1. The minimum Gasteiger partial charge on any atom is -0.378 e. The van der Waals surface area contributed by atoms with Gasteiger partial charge >= 0.3 is 0 Å². The lowest BCUT2D eigenvalue weighted by atomic mass is 10.1. The van der Waals surface area contributed by atoms with Gasteiger partial charge in [0.15, 0.2) is 5.13 Å². The van der Waals surface area contributed by atoms with Crippen molar-refractivity contribution in [2.24, 2.45) is 0 Å². The summed E-state index contributed by atoms with van der Waals surface area (Å²) in [6.07, 6.45) is 3.17. The summed E-state index contributed by atoms with van der Waals surface area (Å²) in [6, 6.07) is 9.72. The second-order valence-electron chi connectivity index (χ2n) is 5.15. The lowest BCUT2D eigenvalue weighted by molar-refractivity contribution is -0.112. The maximum absolute atomic E-state index is 12.1. The average Bonchev–Trinajstić information content (AvgIpc) is 3.14. The number of thiazole rings is 1. The van der Waals surface area contributed by atoms with Gasteiger partial charge in [-0.05, 0) is 23.8 Å². The molecule has 6 nitrogen and oxygen atoms in total.